The fraction of sp³-hybridized carbons (Fsp3) is 0.500. The molecular formula is C18H24N4O2S. The molecule has 7 heteroatoms. The summed E-state index contributed by atoms with van der Waals surface area (Å²) in [7, 11) is -3.47. The van der Waals surface area contributed by atoms with E-state index in [1.807, 2.05) is 12.1 Å². The molecule has 2 aliphatic rings. The molecule has 6 nitrogen and oxygen atoms in total. The topological polar surface area (TPSA) is 69.3 Å². The summed E-state index contributed by atoms with van der Waals surface area (Å²) in [5.41, 5.74) is 2.49. The Kier molecular flexibility index (Phi) is 4.39. The number of nitrogens with one attached hydrogen (secondary N) is 1. The van der Waals surface area contributed by atoms with Crippen LogP contribution in [0.5, 0.6) is 0 Å². The number of fused-ring (bicyclic) bond motifs is 1. The zero-order valence-electron chi connectivity index (χ0n) is 14.5. The fourth-order valence-corrected chi connectivity index (χ4v) is 5.46. The van der Waals surface area contributed by atoms with E-state index in [2.05, 4.69) is 21.8 Å². The van der Waals surface area contributed by atoms with Gasteiger partial charge in [0, 0.05) is 32.0 Å². The molecule has 0 amide bonds. The number of piperazine rings is 1. The monoisotopic (exact) mass is 360 g/mol. The SMILES string of the molecule is CCN1CCN(S(=O)(=O)c2ccc3c(c2)CCC3)C[C@@H]1c1ncc[nH]1. The maximum atomic E-state index is 13.2. The predicted molar refractivity (Wildman–Crippen MR) is 95.8 cm³/mol. The molecule has 0 radical (unpaired) electrons. The van der Waals surface area contributed by atoms with Gasteiger partial charge in [-0.3, -0.25) is 4.90 Å². The lowest BCUT2D eigenvalue weighted by Crippen LogP contribution is -2.50. The number of H-pyrrole nitrogens is 1. The lowest BCUT2D eigenvalue weighted by Gasteiger charge is -2.39. The second kappa shape index (κ2) is 6.55. The smallest absolute Gasteiger partial charge is 0.243 e. The maximum absolute atomic E-state index is 13.2. The highest BCUT2D eigenvalue weighted by Crippen LogP contribution is 2.29. The quantitative estimate of drug-likeness (QED) is 0.905. The Labute approximate surface area is 148 Å². The van der Waals surface area contributed by atoms with E-state index in [1.165, 1.54) is 11.1 Å². The Bertz CT molecular complexity index is 848. The van der Waals surface area contributed by atoms with Crippen molar-refractivity contribution in [3.05, 3.63) is 47.5 Å². The summed E-state index contributed by atoms with van der Waals surface area (Å²) in [5, 5.41) is 0. The van der Waals surface area contributed by atoms with E-state index in [9.17, 15) is 8.42 Å². The number of hydrogen-bond donors (Lipinski definition) is 1. The predicted octanol–water partition coefficient (Wildman–Crippen LogP) is 1.97. The fourth-order valence-electron chi connectivity index (χ4n) is 3.97. The standard InChI is InChI=1S/C18H24N4O2S/c1-2-21-10-11-22(13-17(21)18-19-8-9-20-18)25(23,24)16-7-6-14-4-3-5-15(14)12-16/h6-9,12,17H,2-5,10-11,13H2,1H3,(H,19,20)/t17-/m1/s1. The first-order valence-corrected chi connectivity index (χ1v) is 10.4. The molecule has 1 N–H and O–H groups in total. The third-order valence-corrected chi connectivity index (χ3v) is 7.26. The summed E-state index contributed by atoms with van der Waals surface area (Å²) in [6.45, 7) is 4.63. The van der Waals surface area contributed by atoms with Crippen LogP contribution in [0.3, 0.4) is 0 Å². The van der Waals surface area contributed by atoms with E-state index < -0.39 is 10.0 Å². The molecule has 1 aromatic carbocycles. The minimum Gasteiger partial charge on any atom is -0.347 e. The van der Waals surface area contributed by atoms with E-state index in [4.69, 9.17) is 0 Å². The molecule has 4 rings (SSSR count). The summed E-state index contributed by atoms with van der Waals surface area (Å²) in [6, 6.07) is 5.61. The molecule has 1 aliphatic heterocycles. The molecule has 25 heavy (non-hydrogen) atoms. The highest BCUT2D eigenvalue weighted by Gasteiger charge is 2.35. The number of imidazole rings is 1. The van der Waals surface area contributed by atoms with Crippen molar-refractivity contribution in [1.82, 2.24) is 19.2 Å². The van der Waals surface area contributed by atoms with Crippen LogP contribution in [0.25, 0.3) is 0 Å². The van der Waals surface area contributed by atoms with Crippen LogP contribution >= 0.6 is 0 Å². The highest BCUT2D eigenvalue weighted by molar-refractivity contribution is 7.89. The van der Waals surface area contributed by atoms with Crippen LogP contribution in [0.15, 0.2) is 35.5 Å². The van der Waals surface area contributed by atoms with E-state index in [0.29, 0.717) is 24.5 Å². The molecule has 0 spiro atoms. The Morgan fingerprint density at radius 1 is 1.24 bits per heavy atom. The normalized spacial score (nSPS) is 22.2. The maximum Gasteiger partial charge on any atom is 0.243 e. The number of likely N-dealkylation sites (N-methyl/N-ethyl adjacent to an activating group) is 1. The minimum absolute atomic E-state index is 0.0297. The van der Waals surface area contributed by atoms with Gasteiger partial charge in [0.1, 0.15) is 5.82 Å². The number of aryl methyl sites for hydroxylation is 2. The van der Waals surface area contributed by atoms with Crippen LogP contribution in [0.2, 0.25) is 0 Å². The number of rotatable bonds is 4. The number of aromatic nitrogens is 2. The minimum atomic E-state index is -3.47. The molecule has 2 aromatic rings. The molecule has 0 unspecified atom stereocenters. The number of benzene rings is 1. The second-order valence-corrected chi connectivity index (χ2v) is 8.70. The molecule has 1 aliphatic carbocycles. The van der Waals surface area contributed by atoms with Crippen molar-refractivity contribution in [3.8, 4) is 0 Å². The molecule has 1 fully saturated rings. The first kappa shape index (κ1) is 16.8. The lowest BCUT2D eigenvalue weighted by molar-refractivity contribution is 0.119. The largest absolute Gasteiger partial charge is 0.347 e. The van der Waals surface area contributed by atoms with E-state index in [1.54, 1.807) is 22.8 Å². The van der Waals surface area contributed by atoms with Gasteiger partial charge in [0.05, 0.1) is 10.9 Å². The van der Waals surface area contributed by atoms with Gasteiger partial charge in [-0.25, -0.2) is 13.4 Å². The second-order valence-electron chi connectivity index (χ2n) is 6.77. The summed E-state index contributed by atoms with van der Waals surface area (Å²) in [5.74, 6) is 0.829. The van der Waals surface area contributed by atoms with Crippen LogP contribution in [0, 0.1) is 0 Å². The first-order valence-electron chi connectivity index (χ1n) is 8.95. The molecule has 1 aromatic heterocycles. The van der Waals surface area contributed by atoms with Crippen LogP contribution in [-0.4, -0.2) is 53.8 Å². The van der Waals surface area contributed by atoms with Crippen molar-refractivity contribution in [2.45, 2.75) is 37.1 Å². The van der Waals surface area contributed by atoms with Gasteiger partial charge in [-0.05, 0) is 49.1 Å². The summed E-state index contributed by atoms with van der Waals surface area (Å²) in [4.78, 5) is 10.2. The van der Waals surface area contributed by atoms with Crippen molar-refractivity contribution >= 4 is 10.0 Å². The van der Waals surface area contributed by atoms with Gasteiger partial charge in [-0.1, -0.05) is 13.0 Å². The van der Waals surface area contributed by atoms with Gasteiger partial charge < -0.3 is 4.98 Å². The van der Waals surface area contributed by atoms with Gasteiger partial charge in [-0.15, -0.1) is 0 Å². The van der Waals surface area contributed by atoms with Gasteiger partial charge in [0.15, 0.2) is 0 Å². The van der Waals surface area contributed by atoms with E-state index in [-0.39, 0.29) is 6.04 Å². The van der Waals surface area contributed by atoms with Crippen molar-refractivity contribution in [3.63, 3.8) is 0 Å². The summed E-state index contributed by atoms with van der Waals surface area (Å²) >= 11 is 0. The lowest BCUT2D eigenvalue weighted by atomic mass is 10.1. The van der Waals surface area contributed by atoms with Crippen LogP contribution in [0.1, 0.15) is 36.3 Å². The average Bonchev–Trinajstić information content (AvgIpc) is 3.31. The van der Waals surface area contributed by atoms with Gasteiger partial charge in [-0.2, -0.15) is 4.31 Å². The average molecular weight is 360 g/mol. The zero-order valence-corrected chi connectivity index (χ0v) is 15.3. The highest BCUT2D eigenvalue weighted by atomic mass is 32.2. The molecule has 2 heterocycles. The first-order chi connectivity index (χ1) is 12.1. The van der Waals surface area contributed by atoms with Gasteiger partial charge in [0.2, 0.25) is 10.0 Å². The van der Waals surface area contributed by atoms with Crippen molar-refractivity contribution in [1.29, 1.82) is 0 Å². The molecule has 1 saturated heterocycles. The van der Waals surface area contributed by atoms with Crippen molar-refractivity contribution in [2.24, 2.45) is 0 Å². The summed E-state index contributed by atoms with van der Waals surface area (Å²) < 4.78 is 28.0. The molecule has 0 bridgehead atoms. The number of hydrogen-bond acceptors (Lipinski definition) is 4. The molecular weight excluding hydrogens is 336 g/mol. The van der Waals surface area contributed by atoms with Crippen LogP contribution < -0.4 is 0 Å². The van der Waals surface area contributed by atoms with Gasteiger partial charge >= 0.3 is 0 Å². The van der Waals surface area contributed by atoms with E-state index in [0.717, 1.165) is 31.6 Å². The van der Waals surface area contributed by atoms with Crippen molar-refractivity contribution < 1.29 is 8.42 Å². The Hall–Kier alpha value is -1.70. The molecule has 1 atom stereocenters. The third kappa shape index (κ3) is 3.01. The Balaban J connectivity index is 1.62. The van der Waals surface area contributed by atoms with Crippen LogP contribution in [0.4, 0.5) is 0 Å². The zero-order chi connectivity index (χ0) is 17.4. The van der Waals surface area contributed by atoms with Crippen LogP contribution in [-0.2, 0) is 22.9 Å². The Morgan fingerprint density at radius 3 is 2.84 bits per heavy atom. The Morgan fingerprint density at radius 2 is 2.08 bits per heavy atom. The van der Waals surface area contributed by atoms with Gasteiger partial charge in [0.25, 0.3) is 0 Å². The number of nitrogens with zero attached hydrogens (tertiary/aromatic N) is 3. The molecule has 134 valence electrons. The molecule has 0 saturated carbocycles. The summed E-state index contributed by atoms with van der Waals surface area (Å²) in [6.07, 6.45) is 6.67. The number of sulfonamides is 1. The number of aromatic amines is 1. The van der Waals surface area contributed by atoms with E-state index >= 15 is 0 Å². The van der Waals surface area contributed by atoms with Crippen molar-refractivity contribution in [2.75, 3.05) is 26.2 Å². The third-order valence-electron chi connectivity index (χ3n) is 5.40.